The summed E-state index contributed by atoms with van der Waals surface area (Å²) in [5.41, 5.74) is 3.02. The fourth-order valence-corrected chi connectivity index (χ4v) is 9.30. The smallest absolute Gasteiger partial charge is 0.0926 e. The molecule has 2 heterocycles. The molecular weight excluding hydrogens is 411 g/mol. The SMILES string of the molecule is C[C@]12CC[C@H]3[C@@H](CC=C4C[C@@H]([N+]5(C)CCCC5)CC[C@@]43C)[C@@H]1CC[N+](C)(C)C2.[Cl-].[Cl-]. The third-order valence-corrected chi connectivity index (χ3v) is 10.9. The first kappa shape index (κ1) is 24.9. The van der Waals surface area contributed by atoms with E-state index in [1.165, 1.54) is 92.9 Å². The normalized spacial score (nSPS) is 46.2. The van der Waals surface area contributed by atoms with Crippen LogP contribution in [0.3, 0.4) is 0 Å². The van der Waals surface area contributed by atoms with Crippen LogP contribution in [-0.2, 0) is 0 Å². The topological polar surface area (TPSA) is 0 Å². The molecule has 0 spiro atoms. The van der Waals surface area contributed by atoms with Crippen molar-refractivity contribution in [2.24, 2.45) is 28.6 Å². The van der Waals surface area contributed by atoms with E-state index in [0.717, 1.165) is 23.8 Å². The molecule has 5 rings (SSSR count). The van der Waals surface area contributed by atoms with Crippen molar-refractivity contribution >= 4 is 0 Å². The molecule has 30 heavy (non-hydrogen) atoms. The molecule has 4 fully saturated rings. The molecule has 3 aliphatic carbocycles. The summed E-state index contributed by atoms with van der Waals surface area (Å²) in [5.74, 6) is 2.93. The van der Waals surface area contributed by atoms with Crippen molar-refractivity contribution < 1.29 is 33.8 Å². The Morgan fingerprint density at radius 3 is 2.27 bits per heavy atom. The highest BCUT2D eigenvalue weighted by Crippen LogP contribution is 2.63. The van der Waals surface area contributed by atoms with Gasteiger partial charge in [-0.15, -0.1) is 0 Å². The molecule has 174 valence electrons. The molecule has 0 N–H and O–H groups in total. The summed E-state index contributed by atoms with van der Waals surface area (Å²) in [6.45, 7) is 11.0. The number of rotatable bonds is 1. The van der Waals surface area contributed by atoms with Gasteiger partial charge in [-0.2, -0.15) is 0 Å². The molecular formula is C26H46Cl2N2. The van der Waals surface area contributed by atoms with Crippen molar-refractivity contribution in [1.82, 2.24) is 0 Å². The van der Waals surface area contributed by atoms with Crippen molar-refractivity contribution in [3.63, 3.8) is 0 Å². The van der Waals surface area contributed by atoms with E-state index in [9.17, 15) is 0 Å². The molecule has 0 aromatic rings. The summed E-state index contributed by atoms with van der Waals surface area (Å²) in [4.78, 5) is 0. The molecule has 6 atom stereocenters. The van der Waals surface area contributed by atoms with Gasteiger partial charge in [0.05, 0.1) is 53.4 Å². The summed E-state index contributed by atoms with van der Waals surface area (Å²) >= 11 is 0. The lowest BCUT2D eigenvalue weighted by Gasteiger charge is -2.61. The summed E-state index contributed by atoms with van der Waals surface area (Å²) in [6.07, 6.45) is 16.0. The molecule has 0 unspecified atom stereocenters. The average Bonchev–Trinajstić information content (AvgIpc) is 3.06. The monoisotopic (exact) mass is 456 g/mol. The number of fused-ring (bicyclic) bond motifs is 5. The fraction of sp³-hybridized carbons (Fsp3) is 0.923. The molecule has 4 heteroatoms. The second-order valence-corrected chi connectivity index (χ2v) is 13.1. The number of quaternary nitrogens is 2. The first-order chi connectivity index (χ1) is 13.2. The molecule has 2 saturated carbocycles. The van der Waals surface area contributed by atoms with Crippen molar-refractivity contribution in [3.05, 3.63) is 11.6 Å². The number of piperidine rings is 1. The van der Waals surface area contributed by atoms with Gasteiger partial charge >= 0.3 is 0 Å². The third kappa shape index (κ3) is 3.80. The quantitative estimate of drug-likeness (QED) is 0.359. The molecule has 2 saturated heterocycles. The fourth-order valence-electron chi connectivity index (χ4n) is 9.30. The number of hydrogen-bond acceptors (Lipinski definition) is 0. The standard InChI is InChI=1S/C26H46N2.2ClH/c1-25-13-11-24-22(23(25)12-17-27(3,4)19-25)9-8-20-18-21(10-14-26(20,24)2)28(5)15-6-7-16-28;;/h8,21-24H,6-7,9-19H2,1-5H3;2*1H/q+2;;/p-2/t21-,22-,23-,24-,25+,26-;;/m0../s1. The minimum absolute atomic E-state index is 0. The van der Waals surface area contributed by atoms with E-state index in [4.69, 9.17) is 0 Å². The maximum absolute atomic E-state index is 2.79. The van der Waals surface area contributed by atoms with Crippen molar-refractivity contribution in [2.45, 2.75) is 77.7 Å². The largest absolute Gasteiger partial charge is 1.00 e. The Hall–Kier alpha value is 0.240. The van der Waals surface area contributed by atoms with Gasteiger partial charge in [-0.3, -0.25) is 0 Å². The highest BCUT2D eigenvalue weighted by atomic mass is 35.5. The third-order valence-electron chi connectivity index (χ3n) is 10.9. The van der Waals surface area contributed by atoms with Crippen LogP contribution in [0.15, 0.2) is 11.6 Å². The van der Waals surface area contributed by atoms with E-state index in [0.29, 0.717) is 10.8 Å². The Bertz CT molecular complexity index is 668. The van der Waals surface area contributed by atoms with E-state index in [2.05, 4.69) is 41.1 Å². The van der Waals surface area contributed by atoms with E-state index in [-0.39, 0.29) is 24.8 Å². The average molecular weight is 458 g/mol. The predicted molar refractivity (Wildman–Crippen MR) is 118 cm³/mol. The molecule has 0 aromatic heterocycles. The van der Waals surface area contributed by atoms with Gasteiger partial charge in [-0.1, -0.05) is 25.5 Å². The Morgan fingerprint density at radius 2 is 1.57 bits per heavy atom. The van der Waals surface area contributed by atoms with Gasteiger partial charge < -0.3 is 33.8 Å². The Balaban J connectivity index is 0.00000128. The first-order valence-corrected chi connectivity index (χ1v) is 12.5. The second-order valence-electron chi connectivity index (χ2n) is 13.1. The Kier molecular flexibility index (Phi) is 6.82. The molecule has 0 radical (unpaired) electrons. The van der Waals surface area contributed by atoms with Gasteiger partial charge in [0.2, 0.25) is 0 Å². The lowest BCUT2D eigenvalue weighted by molar-refractivity contribution is -0.923. The number of allylic oxidation sites excluding steroid dienone is 1. The van der Waals surface area contributed by atoms with Crippen LogP contribution in [0.25, 0.3) is 0 Å². The second kappa shape index (κ2) is 8.23. The van der Waals surface area contributed by atoms with Crippen molar-refractivity contribution in [3.8, 4) is 0 Å². The summed E-state index contributed by atoms with van der Waals surface area (Å²) < 4.78 is 2.64. The van der Waals surface area contributed by atoms with Crippen LogP contribution < -0.4 is 24.8 Å². The number of nitrogens with zero attached hydrogens (tertiary/aromatic N) is 2. The zero-order valence-corrected chi connectivity index (χ0v) is 21.7. The summed E-state index contributed by atoms with van der Waals surface area (Å²) in [5, 5.41) is 0. The van der Waals surface area contributed by atoms with E-state index in [1.54, 1.807) is 0 Å². The van der Waals surface area contributed by atoms with Crippen LogP contribution in [0.2, 0.25) is 0 Å². The molecule has 5 aliphatic rings. The minimum Gasteiger partial charge on any atom is -1.00 e. The van der Waals surface area contributed by atoms with Gasteiger partial charge in [0.1, 0.15) is 0 Å². The van der Waals surface area contributed by atoms with E-state index >= 15 is 0 Å². The van der Waals surface area contributed by atoms with Crippen molar-refractivity contribution in [2.75, 3.05) is 47.3 Å². The molecule has 0 amide bonds. The summed E-state index contributed by atoms with van der Waals surface area (Å²) in [7, 11) is 7.51. The molecule has 2 aliphatic heterocycles. The predicted octanol–water partition coefficient (Wildman–Crippen LogP) is -0.747. The lowest BCUT2D eigenvalue weighted by atomic mass is 9.46. The molecule has 0 bridgehead atoms. The van der Waals surface area contributed by atoms with Crippen LogP contribution >= 0.6 is 0 Å². The van der Waals surface area contributed by atoms with Crippen LogP contribution in [0, 0.1) is 28.6 Å². The van der Waals surface area contributed by atoms with Gasteiger partial charge in [0, 0.05) is 37.5 Å². The highest BCUT2D eigenvalue weighted by molar-refractivity contribution is 5.25. The van der Waals surface area contributed by atoms with Gasteiger partial charge in [0.25, 0.3) is 0 Å². The van der Waals surface area contributed by atoms with Crippen LogP contribution in [0.1, 0.15) is 71.6 Å². The Morgan fingerprint density at radius 1 is 0.867 bits per heavy atom. The summed E-state index contributed by atoms with van der Waals surface area (Å²) in [6, 6.07) is 0.917. The maximum Gasteiger partial charge on any atom is 0.0926 e. The van der Waals surface area contributed by atoms with Gasteiger partial charge in [-0.25, -0.2) is 0 Å². The number of likely N-dealkylation sites (tertiary alicyclic amines) is 2. The lowest BCUT2D eigenvalue weighted by Crippen LogP contribution is -3.00. The highest BCUT2D eigenvalue weighted by Gasteiger charge is 2.58. The van der Waals surface area contributed by atoms with Crippen LogP contribution in [0.4, 0.5) is 0 Å². The zero-order valence-electron chi connectivity index (χ0n) is 20.2. The van der Waals surface area contributed by atoms with Crippen molar-refractivity contribution in [1.29, 1.82) is 0 Å². The van der Waals surface area contributed by atoms with E-state index in [1.807, 2.05) is 5.57 Å². The Labute approximate surface area is 198 Å². The van der Waals surface area contributed by atoms with Crippen LogP contribution in [0.5, 0.6) is 0 Å². The van der Waals surface area contributed by atoms with Gasteiger partial charge in [0.15, 0.2) is 0 Å². The molecule has 2 nitrogen and oxygen atoms in total. The first-order valence-electron chi connectivity index (χ1n) is 12.5. The van der Waals surface area contributed by atoms with Gasteiger partial charge in [-0.05, 0) is 48.9 Å². The maximum atomic E-state index is 2.79. The van der Waals surface area contributed by atoms with E-state index < -0.39 is 0 Å². The zero-order chi connectivity index (χ0) is 19.8. The number of halogens is 2. The molecule has 0 aromatic carbocycles. The minimum atomic E-state index is 0. The van der Waals surface area contributed by atoms with Crippen LogP contribution in [-0.4, -0.2) is 62.3 Å². The number of hydrogen-bond donors (Lipinski definition) is 0.